The first-order valence-electron chi connectivity index (χ1n) is 4.15. The number of ether oxygens (including phenoxy) is 1. The van der Waals surface area contributed by atoms with Crippen molar-refractivity contribution >= 4 is 31.6 Å². The molecule has 0 saturated heterocycles. The Morgan fingerprint density at radius 2 is 2.00 bits per heavy atom. The van der Waals surface area contributed by atoms with Crippen molar-refractivity contribution in [3.63, 3.8) is 0 Å². The summed E-state index contributed by atoms with van der Waals surface area (Å²) in [5, 5.41) is 0. The molecular formula is C9H12BrNO3S. The smallest absolute Gasteiger partial charge is 0.229 e. The zero-order valence-electron chi connectivity index (χ0n) is 8.67. The summed E-state index contributed by atoms with van der Waals surface area (Å²) in [6.45, 7) is 1.79. The molecule has 0 saturated carbocycles. The molecule has 84 valence electrons. The van der Waals surface area contributed by atoms with E-state index in [1.165, 1.54) is 0 Å². The van der Waals surface area contributed by atoms with Crippen LogP contribution in [-0.2, 0) is 10.0 Å². The average Bonchev–Trinajstić information content (AvgIpc) is 2.08. The number of nitrogens with one attached hydrogen (secondary N) is 1. The molecule has 0 bridgehead atoms. The number of hydrogen-bond acceptors (Lipinski definition) is 3. The first kappa shape index (κ1) is 12.3. The summed E-state index contributed by atoms with van der Waals surface area (Å²) < 4.78 is 30.5. The molecule has 6 heteroatoms. The van der Waals surface area contributed by atoms with Gasteiger partial charge in [-0.3, -0.25) is 4.72 Å². The molecule has 1 aromatic carbocycles. The van der Waals surface area contributed by atoms with Gasteiger partial charge in [-0.1, -0.05) is 15.9 Å². The van der Waals surface area contributed by atoms with E-state index in [1.54, 1.807) is 26.2 Å². The molecule has 0 unspecified atom stereocenters. The molecule has 1 aromatic rings. The molecule has 0 aromatic heterocycles. The Bertz CT molecular complexity index is 470. The molecule has 0 spiro atoms. The number of sulfonamides is 1. The highest BCUT2D eigenvalue weighted by molar-refractivity contribution is 9.10. The molecule has 15 heavy (non-hydrogen) atoms. The quantitative estimate of drug-likeness (QED) is 0.929. The van der Waals surface area contributed by atoms with Crippen LogP contribution in [0.5, 0.6) is 5.75 Å². The summed E-state index contributed by atoms with van der Waals surface area (Å²) in [7, 11) is -1.73. The van der Waals surface area contributed by atoms with Gasteiger partial charge in [0, 0.05) is 10.0 Å². The van der Waals surface area contributed by atoms with E-state index in [2.05, 4.69) is 20.7 Å². The molecular weight excluding hydrogens is 282 g/mol. The minimum Gasteiger partial charge on any atom is -0.496 e. The third kappa shape index (κ3) is 3.39. The van der Waals surface area contributed by atoms with Crippen molar-refractivity contribution < 1.29 is 13.2 Å². The van der Waals surface area contributed by atoms with Gasteiger partial charge in [0.05, 0.1) is 19.1 Å². The van der Waals surface area contributed by atoms with Crippen LogP contribution >= 0.6 is 15.9 Å². The van der Waals surface area contributed by atoms with Crippen LogP contribution in [0.1, 0.15) is 5.56 Å². The molecule has 0 fully saturated rings. The second-order valence-corrected chi connectivity index (χ2v) is 5.82. The lowest BCUT2D eigenvalue weighted by atomic mass is 10.2. The molecule has 0 radical (unpaired) electrons. The zero-order valence-corrected chi connectivity index (χ0v) is 11.1. The number of benzene rings is 1. The van der Waals surface area contributed by atoms with Gasteiger partial charge in [-0.05, 0) is 19.1 Å². The topological polar surface area (TPSA) is 55.4 Å². The molecule has 1 rings (SSSR count). The highest BCUT2D eigenvalue weighted by Gasteiger charge is 2.10. The van der Waals surface area contributed by atoms with Crippen molar-refractivity contribution in [2.75, 3.05) is 18.1 Å². The second-order valence-electron chi connectivity index (χ2n) is 3.15. The van der Waals surface area contributed by atoms with Crippen LogP contribution in [0.25, 0.3) is 0 Å². The van der Waals surface area contributed by atoms with E-state index in [0.717, 1.165) is 16.3 Å². The second kappa shape index (κ2) is 4.40. The number of halogens is 1. The van der Waals surface area contributed by atoms with Gasteiger partial charge in [0.1, 0.15) is 5.75 Å². The van der Waals surface area contributed by atoms with Gasteiger partial charge in [-0.25, -0.2) is 8.42 Å². The zero-order chi connectivity index (χ0) is 11.6. The fraction of sp³-hybridized carbons (Fsp3) is 0.333. The van der Waals surface area contributed by atoms with Gasteiger partial charge >= 0.3 is 0 Å². The van der Waals surface area contributed by atoms with Crippen molar-refractivity contribution in [3.05, 3.63) is 22.2 Å². The maximum atomic E-state index is 11.1. The van der Waals surface area contributed by atoms with Crippen molar-refractivity contribution in [1.82, 2.24) is 0 Å². The van der Waals surface area contributed by atoms with Gasteiger partial charge in [0.15, 0.2) is 0 Å². The maximum Gasteiger partial charge on any atom is 0.229 e. The monoisotopic (exact) mass is 293 g/mol. The fourth-order valence-corrected chi connectivity index (χ4v) is 2.22. The molecule has 0 aliphatic carbocycles. The first-order valence-corrected chi connectivity index (χ1v) is 6.84. The van der Waals surface area contributed by atoms with E-state index in [-0.39, 0.29) is 0 Å². The van der Waals surface area contributed by atoms with E-state index >= 15 is 0 Å². The average molecular weight is 294 g/mol. The Hall–Kier alpha value is -0.750. The lowest BCUT2D eigenvalue weighted by molar-refractivity contribution is 0.411. The van der Waals surface area contributed by atoms with Crippen LogP contribution in [-0.4, -0.2) is 21.8 Å². The predicted octanol–water partition coefficient (Wildman–Crippen LogP) is 2.14. The van der Waals surface area contributed by atoms with E-state index in [0.29, 0.717) is 11.4 Å². The fourth-order valence-electron chi connectivity index (χ4n) is 1.17. The van der Waals surface area contributed by atoms with Gasteiger partial charge in [0.25, 0.3) is 0 Å². The van der Waals surface area contributed by atoms with Gasteiger partial charge < -0.3 is 4.74 Å². The number of anilines is 1. The molecule has 4 nitrogen and oxygen atoms in total. The predicted molar refractivity (Wildman–Crippen MR) is 63.9 cm³/mol. The van der Waals surface area contributed by atoms with E-state index in [1.807, 2.05) is 0 Å². The van der Waals surface area contributed by atoms with Crippen LogP contribution in [0, 0.1) is 6.92 Å². The number of hydrogen-bond donors (Lipinski definition) is 1. The standard InChI is InChI=1S/C9H12BrNO3S/c1-6-8(11-15(3,12)13)4-7(10)5-9(6)14-2/h4-5,11H,1-3H3. The van der Waals surface area contributed by atoms with E-state index in [4.69, 9.17) is 4.74 Å². The number of rotatable bonds is 3. The van der Waals surface area contributed by atoms with Crippen molar-refractivity contribution in [2.45, 2.75) is 6.92 Å². The first-order chi connectivity index (χ1) is 6.83. The highest BCUT2D eigenvalue weighted by atomic mass is 79.9. The van der Waals surface area contributed by atoms with Crippen LogP contribution in [0.15, 0.2) is 16.6 Å². The molecule has 0 amide bonds. The normalized spacial score (nSPS) is 11.2. The van der Waals surface area contributed by atoms with Gasteiger partial charge in [-0.15, -0.1) is 0 Å². The van der Waals surface area contributed by atoms with Crippen LogP contribution < -0.4 is 9.46 Å². The van der Waals surface area contributed by atoms with Gasteiger partial charge in [0.2, 0.25) is 10.0 Å². The maximum absolute atomic E-state index is 11.1. The lowest BCUT2D eigenvalue weighted by Gasteiger charge is -2.12. The van der Waals surface area contributed by atoms with Crippen LogP contribution in [0.2, 0.25) is 0 Å². The van der Waals surface area contributed by atoms with E-state index in [9.17, 15) is 8.42 Å². The Kier molecular flexibility index (Phi) is 3.62. The van der Waals surface area contributed by atoms with Crippen molar-refractivity contribution in [2.24, 2.45) is 0 Å². The minimum absolute atomic E-state index is 0.517. The Morgan fingerprint density at radius 3 is 2.47 bits per heavy atom. The van der Waals surface area contributed by atoms with Crippen molar-refractivity contribution in [3.8, 4) is 5.75 Å². The summed E-state index contributed by atoms with van der Waals surface area (Å²) in [6, 6.07) is 3.47. The largest absolute Gasteiger partial charge is 0.496 e. The van der Waals surface area contributed by atoms with Crippen LogP contribution in [0.4, 0.5) is 5.69 Å². The minimum atomic E-state index is -3.27. The summed E-state index contributed by atoms with van der Waals surface area (Å²) in [5.41, 5.74) is 1.27. The summed E-state index contributed by atoms with van der Waals surface area (Å²) >= 11 is 3.28. The van der Waals surface area contributed by atoms with Gasteiger partial charge in [-0.2, -0.15) is 0 Å². The molecule has 0 heterocycles. The van der Waals surface area contributed by atoms with E-state index < -0.39 is 10.0 Å². The SMILES string of the molecule is COc1cc(Br)cc(NS(C)(=O)=O)c1C. The Balaban J connectivity index is 3.24. The Labute approximate surface area is 97.8 Å². The third-order valence-electron chi connectivity index (χ3n) is 1.84. The van der Waals surface area contributed by atoms with Crippen molar-refractivity contribution in [1.29, 1.82) is 0 Å². The summed E-state index contributed by atoms with van der Waals surface area (Å²) in [4.78, 5) is 0. The third-order valence-corrected chi connectivity index (χ3v) is 2.89. The van der Waals surface area contributed by atoms with Crippen LogP contribution in [0.3, 0.4) is 0 Å². The number of methoxy groups -OCH3 is 1. The lowest BCUT2D eigenvalue weighted by Crippen LogP contribution is -2.11. The molecule has 0 aliphatic rings. The molecule has 0 atom stereocenters. The molecule has 0 aliphatic heterocycles. The highest BCUT2D eigenvalue weighted by Crippen LogP contribution is 2.30. The summed E-state index contributed by atoms with van der Waals surface area (Å²) in [5.74, 6) is 0.635. The Morgan fingerprint density at radius 1 is 1.40 bits per heavy atom. The summed E-state index contributed by atoms with van der Waals surface area (Å²) in [6.07, 6.45) is 1.11. The molecule has 1 N–H and O–H groups in total.